The fourth-order valence-electron chi connectivity index (χ4n) is 1.60. The van der Waals surface area contributed by atoms with Gasteiger partial charge in [-0.05, 0) is 17.5 Å². The number of fused-ring (bicyclic) bond motifs is 1. The second kappa shape index (κ2) is 4.53. The quantitative estimate of drug-likeness (QED) is 0.907. The molecule has 0 heterocycles. The minimum absolute atomic E-state index is 0.144. The van der Waals surface area contributed by atoms with Crippen LogP contribution >= 0.6 is 15.9 Å². The van der Waals surface area contributed by atoms with Crippen molar-refractivity contribution >= 4 is 38.3 Å². The molecular formula is C12H11BrN2O. The van der Waals surface area contributed by atoms with Crippen molar-refractivity contribution in [1.29, 1.82) is 0 Å². The number of amides is 1. The first-order chi connectivity index (χ1) is 7.68. The Morgan fingerprint density at radius 2 is 1.88 bits per heavy atom. The highest BCUT2D eigenvalue weighted by Gasteiger charge is 2.03. The van der Waals surface area contributed by atoms with Crippen LogP contribution < -0.4 is 11.1 Å². The van der Waals surface area contributed by atoms with Crippen molar-refractivity contribution in [3.8, 4) is 0 Å². The minimum Gasteiger partial charge on any atom is -0.376 e. The Hall–Kier alpha value is -1.55. The van der Waals surface area contributed by atoms with Gasteiger partial charge in [-0.2, -0.15) is 0 Å². The standard InChI is InChI=1S/C12H11BrN2O/c13-10-5-6-11(15-7-12(14)16)9-4-2-1-3-8(9)10/h1-6,15H,7H2,(H2,14,16). The van der Waals surface area contributed by atoms with Crippen molar-refractivity contribution in [2.45, 2.75) is 0 Å². The highest BCUT2D eigenvalue weighted by molar-refractivity contribution is 9.10. The maximum atomic E-state index is 10.7. The Morgan fingerprint density at radius 3 is 2.56 bits per heavy atom. The van der Waals surface area contributed by atoms with Gasteiger partial charge in [0.15, 0.2) is 0 Å². The van der Waals surface area contributed by atoms with Crippen LogP contribution in [0, 0.1) is 0 Å². The lowest BCUT2D eigenvalue weighted by Crippen LogP contribution is -2.21. The van der Waals surface area contributed by atoms with Gasteiger partial charge >= 0.3 is 0 Å². The summed E-state index contributed by atoms with van der Waals surface area (Å²) in [6.07, 6.45) is 0. The van der Waals surface area contributed by atoms with E-state index in [-0.39, 0.29) is 12.5 Å². The van der Waals surface area contributed by atoms with E-state index in [0.717, 1.165) is 20.9 Å². The van der Waals surface area contributed by atoms with Gasteiger partial charge in [0.05, 0.1) is 6.54 Å². The molecule has 2 aromatic carbocycles. The molecule has 2 aromatic rings. The summed E-state index contributed by atoms with van der Waals surface area (Å²) in [6, 6.07) is 11.8. The summed E-state index contributed by atoms with van der Waals surface area (Å²) in [7, 11) is 0. The number of hydrogen-bond donors (Lipinski definition) is 2. The molecule has 0 atom stereocenters. The number of carbonyl (C=O) groups excluding carboxylic acids is 1. The van der Waals surface area contributed by atoms with Gasteiger partial charge in [0.2, 0.25) is 5.91 Å². The van der Waals surface area contributed by atoms with Gasteiger partial charge in [0.25, 0.3) is 0 Å². The van der Waals surface area contributed by atoms with Crippen LogP contribution in [0.4, 0.5) is 5.69 Å². The average molecular weight is 279 g/mol. The minimum atomic E-state index is -0.369. The van der Waals surface area contributed by atoms with E-state index in [1.165, 1.54) is 0 Å². The Bertz CT molecular complexity index is 540. The number of rotatable bonds is 3. The molecule has 0 aliphatic heterocycles. The monoisotopic (exact) mass is 278 g/mol. The van der Waals surface area contributed by atoms with Crippen molar-refractivity contribution < 1.29 is 4.79 Å². The molecule has 0 saturated carbocycles. The first-order valence-corrected chi connectivity index (χ1v) is 5.67. The topological polar surface area (TPSA) is 55.1 Å². The van der Waals surface area contributed by atoms with E-state index in [1.54, 1.807) is 0 Å². The Labute approximate surface area is 102 Å². The van der Waals surface area contributed by atoms with Crippen LogP contribution in [-0.2, 0) is 4.79 Å². The molecule has 0 bridgehead atoms. The van der Waals surface area contributed by atoms with Crippen molar-refractivity contribution in [2.24, 2.45) is 5.73 Å². The zero-order valence-electron chi connectivity index (χ0n) is 8.53. The molecule has 0 saturated heterocycles. The van der Waals surface area contributed by atoms with Crippen LogP contribution in [0.25, 0.3) is 10.8 Å². The molecule has 0 spiro atoms. The second-order valence-electron chi connectivity index (χ2n) is 3.46. The highest BCUT2D eigenvalue weighted by Crippen LogP contribution is 2.29. The number of primary amides is 1. The molecule has 0 fully saturated rings. The van der Waals surface area contributed by atoms with Gasteiger partial charge in [0, 0.05) is 15.5 Å². The third-order valence-corrected chi connectivity index (χ3v) is 3.02. The van der Waals surface area contributed by atoms with Crippen LogP contribution in [0.15, 0.2) is 40.9 Å². The average Bonchev–Trinajstić information content (AvgIpc) is 2.28. The smallest absolute Gasteiger partial charge is 0.236 e. The third-order valence-electron chi connectivity index (χ3n) is 2.32. The Kier molecular flexibility index (Phi) is 3.10. The number of anilines is 1. The predicted octanol–water partition coefficient (Wildman–Crippen LogP) is 2.50. The van der Waals surface area contributed by atoms with E-state index in [9.17, 15) is 4.79 Å². The van der Waals surface area contributed by atoms with Crippen LogP contribution in [-0.4, -0.2) is 12.5 Å². The maximum absolute atomic E-state index is 10.7. The Morgan fingerprint density at radius 1 is 1.19 bits per heavy atom. The first-order valence-electron chi connectivity index (χ1n) is 4.88. The van der Waals surface area contributed by atoms with Crippen LogP contribution in [0.1, 0.15) is 0 Å². The summed E-state index contributed by atoms with van der Waals surface area (Å²) in [5.74, 6) is -0.369. The van der Waals surface area contributed by atoms with Crippen LogP contribution in [0.2, 0.25) is 0 Å². The SMILES string of the molecule is NC(=O)CNc1ccc(Br)c2ccccc12. The third kappa shape index (κ3) is 2.17. The summed E-state index contributed by atoms with van der Waals surface area (Å²) in [4.78, 5) is 10.7. The van der Waals surface area contributed by atoms with E-state index in [0.29, 0.717) is 0 Å². The molecule has 3 N–H and O–H groups in total. The molecule has 4 heteroatoms. The van der Waals surface area contributed by atoms with Crippen molar-refractivity contribution in [1.82, 2.24) is 0 Å². The second-order valence-corrected chi connectivity index (χ2v) is 4.31. The number of carbonyl (C=O) groups is 1. The van der Waals surface area contributed by atoms with Crippen molar-refractivity contribution in [2.75, 3.05) is 11.9 Å². The van der Waals surface area contributed by atoms with E-state index in [4.69, 9.17) is 5.73 Å². The molecule has 1 amide bonds. The van der Waals surface area contributed by atoms with E-state index >= 15 is 0 Å². The summed E-state index contributed by atoms with van der Waals surface area (Å²) in [6.45, 7) is 0.144. The van der Waals surface area contributed by atoms with Gasteiger partial charge in [-0.1, -0.05) is 40.2 Å². The van der Waals surface area contributed by atoms with E-state index in [2.05, 4.69) is 21.2 Å². The first kappa shape index (κ1) is 11.0. The lowest BCUT2D eigenvalue weighted by molar-refractivity contribution is -0.116. The molecule has 0 aliphatic rings. The van der Waals surface area contributed by atoms with Crippen molar-refractivity contribution in [3.05, 3.63) is 40.9 Å². The fraction of sp³-hybridized carbons (Fsp3) is 0.0833. The number of benzene rings is 2. The molecule has 3 nitrogen and oxygen atoms in total. The molecule has 0 radical (unpaired) electrons. The van der Waals surface area contributed by atoms with Gasteiger partial charge in [0.1, 0.15) is 0 Å². The van der Waals surface area contributed by atoms with Gasteiger partial charge < -0.3 is 11.1 Å². The number of nitrogens with one attached hydrogen (secondary N) is 1. The number of halogens is 1. The van der Waals surface area contributed by atoms with Crippen LogP contribution in [0.3, 0.4) is 0 Å². The van der Waals surface area contributed by atoms with Crippen molar-refractivity contribution in [3.63, 3.8) is 0 Å². The number of nitrogens with two attached hydrogens (primary N) is 1. The van der Waals surface area contributed by atoms with Crippen LogP contribution in [0.5, 0.6) is 0 Å². The molecule has 2 rings (SSSR count). The predicted molar refractivity (Wildman–Crippen MR) is 69.3 cm³/mol. The maximum Gasteiger partial charge on any atom is 0.236 e. The van der Waals surface area contributed by atoms with Gasteiger partial charge in [-0.25, -0.2) is 0 Å². The molecule has 0 aliphatic carbocycles. The lowest BCUT2D eigenvalue weighted by atomic mass is 10.1. The fourth-order valence-corrected chi connectivity index (χ4v) is 2.08. The number of hydrogen-bond acceptors (Lipinski definition) is 2. The van der Waals surface area contributed by atoms with E-state index < -0.39 is 0 Å². The summed E-state index contributed by atoms with van der Waals surface area (Å²) in [5.41, 5.74) is 6.02. The lowest BCUT2D eigenvalue weighted by Gasteiger charge is -2.09. The summed E-state index contributed by atoms with van der Waals surface area (Å²) >= 11 is 3.49. The van der Waals surface area contributed by atoms with Gasteiger partial charge in [-0.3, -0.25) is 4.79 Å². The largest absolute Gasteiger partial charge is 0.376 e. The van der Waals surface area contributed by atoms with Gasteiger partial charge in [-0.15, -0.1) is 0 Å². The summed E-state index contributed by atoms with van der Waals surface area (Å²) < 4.78 is 1.03. The molecule has 0 aromatic heterocycles. The molecule has 0 unspecified atom stereocenters. The molecular weight excluding hydrogens is 268 g/mol. The zero-order chi connectivity index (χ0) is 11.5. The molecule has 82 valence electrons. The van der Waals surface area contributed by atoms with E-state index in [1.807, 2.05) is 36.4 Å². The highest BCUT2D eigenvalue weighted by atomic mass is 79.9. The normalized spacial score (nSPS) is 10.3. The Balaban J connectivity index is 2.46. The molecule has 16 heavy (non-hydrogen) atoms. The zero-order valence-corrected chi connectivity index (χ0v) is 10.1. The summed E-state index contributed by atoms with van der Waals surface area (Å²) in [5, 5.41) is 5.19.